The number of aliphatic imine (C=N–C) groups is 1. The summed E-state index contributed by atoms with van der Waals surface area (Å²) < 4.78 is 5.02. The number of aliphatic hydroxyl groups excluding tert-OH is 3. The molecule has 1 heterocycles. The lowest BCUT2D eigenvalue weighted by Gasteiger charge is -2.29. The number of rotatable bonds is 0. The minimum Gasteiger partial charge on any atom is -0.400 e. The first-order chi connectivity index (χ1) is 6.15. The first kappa shape index (κ1) is 12.5. The lowest BCUT2D eigenvalue weighted by atomic mass is 10.0. The smallest absolute Gasteiger partial charge is 0.158 e. The van der Waals surface area contributed by atoms with E-state index in [1.165, 1.54) is 0 Å². The van der Waals surface area contributed by atoms with Crippen molar-refractivity contribution in [2.45, 2.75) is 31.8 Å². The van der Waals surface area contributed by atoms with Gasteiger partial charge in [-0.3, -0.25) is 4.99 Å². The number of aliphatic hydroxyl groups is 3. The highest BCUT2D eigenvalue weighted by molar-refractivity contribution is 5.92. The van der Waals surface area contributed by atoms with Gasteiger partial charge in [0, 0.05) is 20.6 Å². The molecule has 1 saturated heterocycles. The maximum absolute atomic E-state index is 9.34. The summed E-state index contributed by atoms with van der Waals surface area (Å²) in [5.41, 5.74) is 0.607. The molecule has 0 aromatic carbocycles. The van der Waals surface area contributed by atoms with Crippen LogP contribution in [0.3, 0.4) is 0 Å². The zero-order chi connectivity index (χ0) is 10.4. The van der Waals surface area contributed by atoms with E-state index in [1.807, 2.05) is 0 Å². The van der Waals surface area contributed by atoms with Crippen molar-refractivity contribution in [3.05, 3.63) is 0 Å². The average molecular weight is 191 g/mol. The molecule has 1 aliphatic heterocycles. The van der Waals surface area contributed by atoms with Crippen LogP contribution >= 0.6 is 0 Å². The molecule has 5 nitrogen and oxygen atoms in total. The standard InChI is InChI=1S/C7H13NO3.CH4O/c1-4-7(8-2)5(9)3-6(10)11-4;1-2/h4-6,9-10H,3H2,1-2H3;2H,1H3/t4-,5-,6+;/m0./s1. The number of hydrogen-bond acceptors (Lipinski definition) is 5. The molecule has 1 aliphatic rings. The second-order valence-electron chi connectivity index (χ2n) is 2.63. The molecule has 0 amide bonds. The van der Waals surface area contributed by atoms with E-state index in [9.17, 15) is 5.11 Å². The lowest BCUT2D eigenvalue weighted by molar-refractivity contribution is -0.141. The lowest BCUT2D eigenvalue weighted by Crippen LogP contribution is -2.43. The molecule has 0 aliphatic carbocycles. The molecule has 3 atom stereocenters. The van der Waals surface area contributed by atoms with Gasteiger partial charge in [-0.1, -0.05) is 0 Å². The van der Waals surface area contributed by atoms with Crippen LogP contribution in [0.4, 0.5) is 0 Å². The zero-order valence-electron chi connectivity index (χ0n) is 8.14. The highest BCUT2D eigenvalue weighted by Crippen LogP contribution is 2.15. The Hall–Kier alpha value is -0.490. The van der Waals surface area contributed by atoms with E-state index < -0.39 is 12.4 Å². The van der Waals surface area contributed by atoms with Gasteiger partial charge in [0.2, 0.25) is 0 Å². The molecule has 0 aromatic heterocycles. The molecule has 0 unspecified atom stereocenters. The van der Waals surface area contributed by atoms with Crippen molar-refractivity contribution in [3.8, 4) is 0 Å². The van der Waals surface area contributed by atoms with Gasteiger partial charge in [-0.2, -0.15) is 0 Å². The Balaban J connectivity index is 0.000000671. The maximum atomic E-state index is 9.34. The summed E-state index contributed by atoms with van der Waals surface area (Å²) in [6.07, 6.45) is -1.57. The molecule has 0 saturated carbocycles. The maximum Gasteiger partial charge on any atom is 0.158 e. The van der Waals surface area contributed by atoms with Crippen molar-refractivity contribution in [2.24, 2.45) is 4.99 Å². The Labute approximate surface area is 77.7 Å². The number of nitrogens with zero attached hydrogens (tertiary/aromatic N) is 1. The Morgan fingerprint density at radius 1 is 1.38 bits per heavy atom. The van der Waals surface area contributed by atoms with Crippen LogP contribution in [0.1, 0.15) is 13.3 Å². The molecule has 0 aromatic rings. The Kier molecular flexibility index (Phi) is 5.81. The first-order valence-electron chi connectivity index (χ1n) is 4.08. The average Bonchev–Trinajstić information content (AvgIpc) is 2.07. The van der Waals surface area contributed by atoms with Crippen LogP contribution in [0, 0.1) is 0 Å². The number of hydrogen-bond donors (Lipinski definition) is 3. The van der Waals surface area contributed by atoms with Gasteiger partial charge in [0.05, 0.1) is 17.9 Å². The Morgan fingerprint density at radius 2 is 1.92 bits per heavy atom. The molecular weight excluding hydrogens is 174 g/mol. The second kappa shape index (κ2) is 6.04. The third-order valence-electron chi connectivity index (χ3n) is 1.80. The first-order valence-corrected chi connectivity index (χ1v) is 4.08. The largest absolute Gasteiger partial charge is 0.400 e. The normalized spacial score (nSPS) is 36.8. The van der Waals surface area contributed by atoms with E-state index in [-0.39, 0.29) is 12.5 Å². The number of ether oxygens (including phenoxy) is 1. The monoisotopic (exact) mass is 191 g/mol. The summed E-state index contributed by atoms with van der Waals surface area (Å²) in [4.78, 5) is 3.87. The van der Waals surface area contributed by atoms with Crippen molar-refractivity contribution in [3.63, 3.8) is 0 Å². The van der Waals surface area contributed by atoms with Crippen molar-refractivity contribution in [2.75, 3.05) is 14.2 Å². The van der Waals surface area contributed by atoms with Crippen LogP contribution in [-0.2, 0) is 4.74 Å². The second-order valence-corrected chi connectivity index (χ2v) is 2.63. The van der Waals surface area contributed by atoms with E-state index in [0.29, 0.717) is 5.71 Å². The van der Waals surface area contributed by atoms with E-state index in [2.05, 4.69) is 4.99 Å². The predicted octanol–water partition coefficient (Wildman–Crippen LogP) is -0.846. The summed E-state index contributed by atoms with van der Waals surface area (Å²) in [6, 6.07) is 0. The zero-order valence-corrected chi connectivity index (χ0v) is 8.14. The Morgan fingerprint density at radius 3 is 2.31 bits per heavy atom. The van der Waals surface area contributed by atoms with Gasteiger partial charge in [-0.05, 0) is 6.92 Å². The fraction of sp³-hybridized carbons (Fsp3) is 0.875. The molecule has 13 heavy (non-hydrogen) atoms. The quantitative estimate of drug-likeness (QED) is 0.466. The third-order valence-corrected chi connectivity index (χ3v) is 1.80. The SMILES string of the molecule is CN=C1[C@H](C)O[C@@H](O)C[C@@H]1O.CO. The highest BCUT2D eigenvalue weighted by Gasteiger charge is 2.29. The van der Waals surface area contributed by atoms with Crippen molar-refractivity contribution in [1.82, 2.24) is 0 Å². The van der Waals surface area contributed by atoms with Gasteiger partial charge in [0.15, 0.2) is 6.29 Å². The van der Waals surface area contributed by atoms with Crippen molar-refractivity contribution < 1.29 is 20.1 Å². The summed E-state index contributed by atoms with van der Waals surface area (Å²) >= 11 is 0. The summed E-state index contributed by atoms with van der Waals surface area (Å²) in [6.45, 7) is 1.76. The summed E-state index contributed by atoms with van der Waals surface area (Å²) in [5.74, 6) is 0. The minimum absolute atomic E-state index is 0.219. The van der Waals surface area contributed by atoms with Gasteiger partial charge in [-0.15, -0.1) is 0 Å². The van der Waals surface area contributed by atoms with Gasteiger partial charge < -0.3 is 20.1 Å². The molecule has 0 spiro atoms. The van der Waals surface area contributed by atoms with Crippen LogP contribution in [0.25, 0.3) is 0 Å². The fourth-order valence-corrected chi connectivity index (χ4v) is 1.27. The van der Waals surface area contributed by atoms with Crippen molar-refractivity contribution in [1.29, 1.82) is 0 Å². The third kappa shape index (κ3) is 3.40. The van der Waals surface area contributed by atoms with Crippen LogP contribution in [0.5, 0.6) is 0 Å². The van der Waals surface area contributed by atoms with Gasteiger partial charge >= 0.3 is 0 Å². The van der Waals surface area contributed by atoms with Gasteiger partial charge in [-0.25, -0.2) is 0 Å². The summed E-state index contributed by atoms with van der Waals surface area (Å²) in [5, 5.41) is 25.4. The molecular formula is C8H17NO4. The highest BCUT2D eigenvalue weighted by atomic mass is 16.6. The van der Waals surface area contributed by atoms with Crippen molar-refractivity contribution >= 4 is 5.71 Å². The Bertz CT molecular complexity index is 158. The molecule has 0 bridgehead atoms. The van der Waals surface area contributed by atoms with Crippen LogP contribution in [0.15, 0.2) is 4.99 Å². The van der Waals surface area contributed by atoms with Crippen LogP contribution < -0.4 is 0 Å². The summed E-state index contributed by atoms with van der Waals surface area (Å²) in [7, 11) is 2.61. The molecule has 0 radical (unpaired) electrons. The molecule has 78 valence electrons. The fourth-order valence-electron chi connectivity index (χ4n) is 1.27. The predicted molar refractivity (Wildman–Crippen MR) is 48.7 cm³/mol. The molecule has 1 rings (SSSR count). The van der Waals surface area contributed by atoms with E-state index >= 15 is 0 Å². The molecule has 5 heteroatoms. The topological polar surface area (TPSA) is 82.3 Å². The van der Waals surface area contributed by atoms with E-state index in [0.717, 1.165) is 7.11 Å². The van der Waals surface area contributed by atoms with Crippen LogP contribution in [0.2, 0.25) is 0 Å². The van der Waals surface area contributed by atoms with Crippen LogP contribution in [-0.4, -0.2) is 53.7 Å². The van der Waals surface area contributed by atoms with Gasteiger partial charge in [0.25, 0.3) is 0 Å². The van der Waals surface area contributed by atoms with E-state index in [4.69, 9.17) is 14.9 Å². The van der Waals surface area contributed by atoms with Gasteiger partial charge in [0.1, 0.15) is 0 Å². The molecule has 3 N–H and O–H groups in total. The minimum atomic E-state index is -0.856. The van der Waals surface area contributed by atoms with E-state index in [1.54, 1.807) is 14.0 Å². The molecule has 1 fully saturated rings.